The molecule has 2 aromatic rings. The van der Waals surface area contributed by atoms with Crippen LogP contribution in [0.25, 0.3) is 0 Å². The van der Waals surface area contributed by atoms with Crippen molar-refractivity contribution < 1.29 is 9.53 Å². The van der Waals surface area contributed by atoms with Gasteiger partial charge >= 0.3 is 5.97 Å². The smallest absolute Gasteiger partial charge is 0.312 e. The van der Waals surface area contributed by atoms with Crippen LogP contribution in [0.2, 0.25) is 0 Å². The van der Waals surface area contributed by atoms with E-state index in [0.29, 0.717) is 6.54 Å². The fourth-order valence-corrected chi connectivity index (χ4v) is 2.81. The van der Waals surface area contributed by atoms with Crippen LogP contribution in [0.4, 0.5) is 5.69 Å². The Morgan fingerprint density at radius 1 is 1.05 bits per heavy atom. The van der Waals surface area contributed by atoms with Crippen LogP contribution >= 0.6 is 0 Å². The fraction of sp³-hybridized carbons (Fsp3) is 0.235. The molecule has 20 heavy (non-hydrogen) atoms. The van der Waals surface area contributed by atoms with Crippen LogP contribution in [-0.4, -0.2) is 19.6 Å². The summed E-state index contributed by atoms with van der Waals surface area (Å²) >= 11 is 0. The second kappa shape index (κ2) is 5.37. The van der Waals surface area contributed by atoms with Gasteiger partial charge in [0.15, 0.2) is 0 Å². The summed E-state index contributed by atoms with van der Waals surface area (Å²) in [5, 5.41) is 0. The van der Waals surface area contributed by atoms with Crippen molar-refractivity contribution in [2.45, 2.75) is 6.04 Å². The van der Waals surface area contributed by atoms with Crippen LogP contribution < -0.4 is 4.90 Å². The van der Waals surface area contributed by atoms with E-state index in [1.54, 1.807) is 0 Å². The maximum Gasteiger partial charge on any atom is 0.312 e. The van der Waals surface area contributed by atoms with Crippen LogP contribution in [0, 0.1) is 5.92 Å². The molecule has 0 N–H and O–H groups in total. The molecule has 1 saturated heterocycles. The molecule has 1 aliphatic heterocycles. The van der Waals surface area contributed by atoms with E-state index >= 15 is 0 Å². The topological polar surface area (TPSA) is 29.5 Å². The monoisotopic (exact) mass is 267 g/mol. The van der Waals surface area contributed by atoms with Crippen LogP contribution in [0.15, 0.2) is 60.7 Å². The minimum absolute atomic E-state index is 0.0612. The van der Waals surface area contributed by atoms with E-state index in [1.165, 1.54) is 7.11 Å². The molecular weight excluding hydrogens is 250 g/mol. The molecule has 0 bridgehead atoms. The number of anilines is 1. The van der Waals surface area contributed by atoms with Crippen LogP contribution in [0.5, 0.6) is 0 Å². The third kappa shape index (κ3) is 2.16. The number of para-hydroxylation sites is 1. The van der Waals surface area contributed by atoms with Gasteiger partial charge in [-0.2, -0.15) is 0 Å². The molecule has 0 spiro atoms. The summed E-state index contributed by atoms with van der Waals surface area (Å²) in [4.78, 5) is 14.2. The number of benzene rings is 2. The standard InChI is InChI=1S/C17H17NO2/c1-20-17(19)15-12-18(14-10-6-3-7-11-14)16(15)13-8-4-2-5-9-13/h2-11,15-16H,12H2,1H3/t15-,16+/m1/s1. The Morgan fingerprint density at radius 2 is 1.65 bits per heavy atom. The Bertz CT molecular complexity index is 582. The Morgan fingerprint density at radius 3 is 2.25 bits per heavy atom. The first-order chi connectivity index (χ1) is 9.81. The first-order valence-corrected chi connectivity index (χ1v) is 6.75. The highest BCUT2D eigenvalue weighted by Gasteiger charge is 2.45. The average molecular weight is 267 g/mol. The van der Waals surface area contributed by atoms with Crippen molar-refractivity contribution in [3.8, 4) is 0 Å². The summed E-state index contributed by atoms with van der Waals surface area (Å²) in [5.74, 6) is -0.228. The molecule has 1 heterocycles. The van der Waals surface area contributed by atoms with Crippen molar-refractivity contribution in [2.24, 2.45) is 5.92 Å². The van der Waals surface area contributed by atoms with Gasteiger partial charge in [0.05, 0.1) is 19.1 Å². The maximum absolute atomic E-state index is 11.9. The summed E-state index contributed by atoms with van der Waals surface area (Å²) in [5.41, 5.74) is 2.29. The number of nitrogens with zero attached hydrogens (tertiary/aromatic N) is 1. The lowest BCUT2D eigenvalue weighted by Crippen LogP contribution is -2.53. The Hall–Kier alpha value is -2.29. The minimum Gasteiger partial charge on any atom is -0.469 e. The second-order valence-corrected chi connectivity index (χ2v) is 4.97. The molecule has 3 heteroatoms. The van der Waals surface area contributed by atoms with Gasteiger partial charge in [0.1, 0.15) is 0 Å². The molecule has 1 fully saturated rings. The molecule has 0 unspecified atom stereocenters. The lowest BCUT2D eigenvalue weighted by Gasteiger charge is -2.48. The van der Waals surface area contributed by atoms with Crippen molar-refractivity contribution in [2.75, 3.05) is 18.6 Å². The van der Waals surface area contributed by atoms with Gasteiger partial charge in [-0.05, 0) is 17.7 Å². The quantitative estimate of drug-likeness (QED) is 0.801. The van der Waals surface area contributed by atoms with Gasteiger partial charge in [0.25, 0.3) is 0 Å². The molecule has 0 aliphatic carbocycles. The van der Waals surface area contributed by atoms with E-state index in [4.69, 9.17) is 4.74 Å². The number of hydrogen-bond acceptors (Lipinski definition) is 3. The third-order valence-electron chi connectivity index (χ3n) is 3.84. The number of ether oxygens (including phenoxy) is 1. The number of rotatable bonds is 3. The van der Waals surface area contributed by atoms with Crippen LogP contribution in [-0.2, 0) is 9.53 Å². The summed E-state index contributed by atoms with van der Waals surface area (Å²) in [6.07, 6.45) is 0. The lowest BCUT2D eigenvalue weighted by molar-refractivity contribution is -0.148. The normalized spacial score (nSPS) is 21.1. The molecule has 2 atom stereocenters. The van der Waals surface area contributed by atoms with Gasteiger partial charge in [-0.15, -0.1) is 0 Å². The molecule has 3 rings (SSSR count). The molecule has 3 nitrogen and oxygen atoms in total. The molecule has 0 amide bonds. The highest BCUT2D eigenvalue weighted by molar-refractivity contribution is 5.78. The molecule has 0 radical (unpaired) electrons. The highest BCUT2D eigenvalue weighted by atomic mass is 16.5. The van der Waals surface area contributed by atoms with E-state index < -0.39 is 0 Å². The van der Waals surface area contributed by atoms with Gasteiger partial charge in [-0.25, -0.2) is 0 Å². The number of carbonyl (C=O) groups is 1. The van der Waals surface area contributed by atoms with Crippen molar-refractivity contribution in [1.29, 1.82) is 0 Å². The third-order valence-corrected chi connectivity index (χ3v) is 3.84. The van der Waals surface area contributed by atoms with E-state index in [0.717, 1.165) is 11.3 Å². The van der Waals surface area contributed by atoms with E-state index in [2.05, 4.69) is 29.2 Å². The number of carbonyl (C=O) groups excluding carboxylic acids is 1. The minimum atomic E-state index is -0.133. The van der Waals surface area contributed by atoms with E-state index in [-0.39, 0.29) is 17.9 Å². The fourth-order valence-electron chi connectivity index (χ4n) is 2.81. The number of methoxy groups -OCH3 is 1. The summed E-state index contributed by atoms with van der Waals surface area (Å²) < 4.78 is 4.92. The van der Waals surface area contributed by atoms with E-state index in [1.807, 2.05) is 36.4 Å². The SMILES string of the molecule is COC(=O)[C@@H]1CN(c2ccccc2)[C@H]1c1ccccc1. The summed E-state index contributed by atoms with van der Waals surface area (Å²) in [7, 11) is 1.45. The predicted octanol–water partition coefficient (Wildman–Crippen LogP) is 3.04. The van der Waals surface area contributed by atoms with Crippen molar-refractivity contribution in [3.05, 3.63) is 66.2 Å². The first-order valence-electron chi connectivity index (χ1n) is 6.75. The molecule has 102 valence electrons. The Kier molecular flexibility index (Phi) is 3.42. The van der Waals surface area contributed by atoms with Gasteiger partial charge in [0.2, 0.25) is 0 Å². The van der Waals surface area contributed by atoms with Crippen LogP contribution in [0.1, 0.15) is 11.6 Å². The van der Waals surface area contributed by atoms with Gasteiger partial charge in [-0.1, -0.05) is 48.5 Å². The van der Waals surface area contributed by atoms with Crippen molar-refractivity contribution in [1.82, 2.24) is 0 Å². The number of esters is 1. The maximum atomic E-state index is 11.9. The molecule has 2 aromatic carbocycles. The van der Waals surface area contributed by atoms with E-state index in [9.17, 15) is 4.79 Å². The van der Waals surface area contributed by atoms with Gasteiger partial charge < -0.3 is 9.64 Å². The Labute approximate surface area is 118 Å². The molecule has 1 aliphatic rings. The highest BCUT2D eigenvalue weighted by Crippen LogP contribution is 2.42. The van der Waals surface area contributed by atoms with Gasteiger partial charge in [-0.3, -0.25) is 4.79 Å². The van der Waals surface area contributed by atoms with Crippen molar-refractivity contribution in [3.63, 3.8) is 0 Å². The average Bonchev–Trinajstić information content (AvgIpc) is 2.48. The number of hydrogen-bond donors (Lipinski definition) is 0. The first kappa shape index (κ1) is 12.7. The largest absolute Gasteiger partial charge is 0.469 e. The van der Waals surface area contributed by atoms with Gasteiger partial charge in [0, 0.05) is 12.2 Å². The second-order valence-electron chi connectivity index (χ2n) is 4.97. The predicted molar refractivity (Wildman–Crippen MR) is 78.5 cm³/mol. The lowest BCUT2D eigenvalue weighted by atomic mass is 9.83. The summed E-state index contributed by atoms with van der Waals surface area (Å²) in [6.45, 7) is 0.705. The molecular formula is C17H17NO2. The van der Waals surface area contributed by atoms with Crippen molar-refractivity contribution >= 4 is 11.7 Å². The zero-order valence-corrected chi connectivity index (χ0v) is 11.4. The van der Waals surface area contributed by atoms with Crippen LogP contribution in [0.3, 0.4) is 0 Å². The molecule has 0 saturated carbocycles. The summed E-state index contributed by atoms with van der Waals surface area (Å²) in [6, 6.07) is 20.4. The zero-order chi connectivity index (χ0) is 13.9. The molecule has 0 aromatic heterocycles. The zero-order valence-electron chi connectivity index (χ0n) is 11.4. The Balaban J connectivity index is 1.92.